The minimum absolute atomic E-state index is 0.000602. The number of rotatable bonds is 4. The third kappa shape index (κ3) is 2.85. The van der Waals surface area contributed by atoms with E-state index in [0.29, 0.717) is 0 Å². The van der Waals surface area contributed by atoms with E-state index in [9.17, 15) is 13.6 Å². The van der Waals surface area contributed by atoms with Gasteiger partial charge in [0, 0.05) is 18.2 Å². The van der Waals surface area contributed by atoms with Crippen LogP contribution in [0.4, 0.5) is 20.2 Å². The number of hydrogen-bond acceptors (Lipinski definition) is 3. The van der Waals surface area contributed by atoms with Gasteiger partial charge in [0.1, 0.15) is 11.6 Å². The van der Waals surface area contributed by atoms with E-state index >= 15 is 0 Å². The van der Waals surface area contributed by atoms with Gasteiger partial charge < -0.3 is 16.2 Å². The first kappa shape index (κ1) is 13.8. The molecule has 0 saturated heterocycles. The molecule has 6 heteroatoms. The van der Waals surface area contributed by atoms with Crippen LogP contribution >= 0.6 is 0 Å². The van der Waals surface area contributed by atoms with E-state index in [1.54, 1.807) is 0 Å². The van der Waals surface area contributed by atoms with Gasteiger partial charge in [-0.2, -0.15) is 0 Å². The predicted molar refractivity (Wildman–Crippen MR) is 71.5 cm³/mol. The molecule has 0 bridgehead atoms. The van der Waals surface area contributed by atoms with Gasteiger partial charge in [0.05, 0.1) is 16.9 Å². The molecule has 0 spiro atoms. The summed E-state index contributed by atoms with van der Waals surface area (Å²) in [7, 11) is 0. The Labute approximate surface area is 113 Å². The van der Waals surface area contributed by atoms with Crippen molar-refractivity contribution in [2.24, 2.45) is 0 Å². The highest BCUT2D eigenvalue weighted by molar-refractivity contribution is 5.97. The topological polar surface area (TPSA) is 75.4 Å². The zero-order valence-electron chi connectivity index (χ0n) is 10.4. The first-order valence-electron chi connectivity index (χ1n) is 5.78. The third-order valence-corrected chi connectivity index (χ3v) is 2.80. The van der Waals surface area contributed by atoms with Crippen LogP contribution in [-0.2, 0) is 6.54 Å². The second kappa shape index (κ2) is 5.56. The SMILES string of the molecule is Nc1cccc(C(=O)O)c1NCc1ccc(F)cc1F. The zero-order chi connectivity index (χ0) is 14.7. The summed E-state index contributed by atoms with van der Waals surface area (Å²) in [5, 5.41) is 11.8. The molecule has 0 amide bonds. The number of aromatic carboxylic acids is 1. The molecule has 0 fully saturated rings. The van der Waals surface area contributed by atoms with Gasteiger partial charge in [-0.1, -0.05) is 12.1 Å². The summed E-state index contributed by atoms with van der Waals surface area (Å²) in [5.41, 5.74) is 6.37. The number of benzene rings is 2. The molecule has 20 heavy (non-hydrogen) atoms. The predicted octanol–water partition coefficient (Wildman–Crippen LogP) is 2.86. The second-order valence-corrected chi connectivity index (χ2v) is 4.16. The summed E-state index contributed by atoms with van der Waals surface area (Å²) >= 11 is 0. The monoisotopic (exact) mass is 278 g/mol. The van der Waals surface area contributed by atoms with Gasteiger partial charge in [0.2, 0.25) is 0 Å². The lowest BCUT2D eigenvalue weighted by molar-refractivity contribution is 0.0698. The standard InChI is InChI=1S/C14H12F2N2O2/c15-9-5-4-8(11(16)6-9)7-18-13-10(14(19)20)2-1-3-12(13)17/h1-6,18H,7,17H2,(H,19,20). The number of nitrogens with two attached hydrogens (primary N) is 1. The fraction of sp³-hybridized carbons (Fsp3) is 0.0714. The quantitative estimate of drug-likeness (QED) is 0.752. The molecule has 0 heterocycles. The highest BCUT2D eigenvalue weighted by Gasteiger charge is 2.13. The van der Waals surface area contributed by atoms with E-state index in [1.807, 2.05) is 0 Å². The lowest BCUT2D eigenvalue weighted by Crippen LogP contribution is -2.09. The Morgan fingerprint density at radius 2 is 2.00 bits per heavy atom. The molecule has 0 aliphatic carbocycles. The summed E-state index contributed by atoms with van der Waals surface area (Å²) < 4.78 is 26.3. The summed E-state index contributed by atoms with van der Waals surface area (Å²) in [4.78, 5) is 11.1. The van der Waals surface area contributed by atoms with E-state index < -0.39 is 17.6 Å². The van der Waals surface area contributed by atoms with Crippen LogP contribution < -0.4 is 11.1 Å². The Morgan fingerprint density at radius 3 is 2.65 bits per heavy atom. The number of para-hydroxylation sites is 1. The third-order valence-electron chi connectivity index (χ3n) is 2.80. The summed E-state index contributed by atoms with van der Waals surface area (Å²) in [5.74, 6) is -2.51. The lowest BCUT2D eigenvalue weighted by atomic mass is 10.1. The fourth-order valence-corrected chi connectivity index (χ4v) is 1.79. The maximum atomic E-state index is 13.5. The van der Waals surface area contributed by atoms with Crippen LogP contribution in [-0.4, -0.2) is 11.1 Å². The molecule has 2 aromatic carbocycles. The van der Waals surface area contributed by atoms with Gasteiger partial charge in [-0.15, -0.1) is 0 Å². The van der Waals surface area contributed by atoms with Crippen molar-refractivity contribution in [2.45, 2.75) is 6.54 Å². The second-order valence-electron chi connectivity index (χ2n) is 4.16. The molecule has 0 aliphatic heterocycles. The highest BCUT2D eigenvalue weighted by atomic mass is 19.1. The zero-order valence-corrected chi connectivity index (χ0v) is 10.4. The Kier molecular flexibility index (Phi) is 3.84. The van der Waals surface area contributed by atoms with Crippen molar-refractivity contribution in [1.82, 2.24) is 0 Å². The molecule has 2 rings (SSSR count). The van der Waals surface area contributed by atoms with Crippen LogP contribution in [0.1, 0.15) is 15.9 Å². The average Bonchev–Trinajstić information content (AvgIpc) is 2.38. The average molecular weight is 278 g/mol. The highest BCUT2D eigenvalue weighted by Crippen LogP contribution is 2.24. The number of anilines is 2. The molecule has 104 valence electrons. The molecule has 0 atom stereocenters. The van der Waals surface area contributed by atoms with Crippen molar-refractivity contribution in [2.75, 3.05) is 11.1 Å². The van der Waals surface area contributed by atoms with Crippen molar-refractivity contribution in [3.8, 4) is 0 Å². The first-order chi connectivity index (χ1) is 9.49. The smallest absolute Gasteiger partial charge is 0.337 e. The van der Waals surface area contributed by atoms with E-state index in [1.165, 1.54) is 24.3 Å². The van der Waals surface area contributed by atoms with E-state index in [0.717, 1.165) is 12.1 Å². The minimum atomic E-state index is -1.14. The van der Waals surface area contributed by atoms with Crippen molar-refractivity contribution in [1.29, 1.82) is 0 Å². The Balaban J connectivity index is 2.25. The normalized spacial score (nSPS) is 10.3. The molecular formula is C14H12F2N2O2. The molecule has 0 unspecified atom stereocenters. The van der Waals surface area contributed by atoms with E-state index in [2.05, 4.69) is 5.32 Å². The molecule has 0 aliphatic rings. The number of nitrogen functional groups attached to an aromatic ring is 1. The number of carboxylic acid groups (broad SMARTS) is 1. The summed E-state index contributed by atoms with van der Waals surface area (Å²) in [6, 6.07) is 7.63. The van der Waals surface area contributed by atoms with E-state index in [4.69, 9.17) is 10.8 Å². The summed E-state index contributed by atoms with van der Waals surface area (Å²) in [6.45, 7) is 0.000602. The van der Waals surface area contributed by atoms with Crippen molar-refractivity contribution in [3.63, 3.8) is 0 Å². The van der Waals surface area contributed by atoms with Crippen LogP contribution in [0.15, 0.2) is 36.4 Å². The van der Waals surface area contributed by atoms with E-state index in [-0.39, 0.29) is 29.0 Å². The van der Waals surface area contributed by atoms with Gasteiger partial charge in [-0.05, 0) is 18.2 Å². The number of hydrogen-bond donors (Lipinski definition) is 3. The van der Waals surface area contributed by atoms with Gasteiger partial charge >= 0.3 is 5.97 Å². The van der Waals surface area contributed by atoms with Crippen LogP contribution in [0.3, 0.4) is 0 Å². The van der Waals surface area contributed by atoms with Crippen molar-refractivity contribution in [3.05, 3.63) is 59.2 Å². The first-order valence-corrected chi connectivity index (χ1v) is 5.78. The van der Waals surface area contributed by atoms with Crippen LogP contribution in [0.25, 0.3) is 0 Å². The molecule has 4 nitrogen and oxygen atoms in total. The Bertz CT molecular complexity index is 660. The number of carbonyl (C=O) groups is 1. The molecule has 0 saturated carbocycles. The van der Waals surface area contributed by atoms with Crippen molar-refractivity contribution < 1.29 is 18.7 Å². The van der Waals surface area contributed by atoms with Gasteiger partial charge in [0.25, 0.3) is 0 Å². The lowest BCUT2D eigenvalue weighted by Gasteiger charge is -2.12. The van der Waals surface area contributed by atoms with Crippen LogP contribution in [0.5, 0.6) is 0 Å². The number of nitrogens with one attached hydrogen (secondary N) is 1. The summed E-state index contributed by atoms with van der Waals surface area (Å²) in [6.07, 6.45) is 0. The Hall–Kier alpha value is -2.63. The molecular weight excluding hydrogens is 266 g/mol. The van der Waals surface area contributed by atoms with Gasteiger partial charge in [-0.25, -0.2) is 13.6 Å². The molecule has 2 aromatic rings. The number of halogens is 2. The van der Waals surface area contributed by atoms with Gasteiger partial charge in [-0.3, -0.25) is 0 Å². The largest absolute Gasteiger partial charge is 0.478 e. The number of carboxylic acids is 1. The minimum Gasteiger partial charge on any atom is -0.478 e. The van der Waals surface area contributed by atoms with Crippen LogP contribution in [0.2, 0.25) is 0 Å². The molecule has 4 N–H and O–H groups in total. The fourth-order valence-electron chi connectivity index (χ4n) is 1.79. The maximum absolute atomic E-state index is 13.5. The maximum Gasteiger partial charge on any atom is 0.337 e. The Morgan fingerprint density at radius 1 is 1.25 bits per heavy atom. The molecule has 0 aromatic heterocycles. The molecule has 0 radical (unpaired) electrons. The van der Waals surface area contributed by atoms with Crippen molar-refractivity contribution >= 4 is 17.3 Å². The van der Waals surface area contributed by atoms with Crippen LogP contribution in [0, 0.1) is 11.6 Å². The van der Waals surface area contributed by atoms with Gasteiger partial charge in [0.15, 0.2) is 0 Å².